The number of halogens is 1. The smallest absolute Gasteiger partial charge is 0.339 e. The summed E-state index contributed by atoms with van der Waals surface area (Å²) in [6.45, 7) is 1.91. The molecule has 5 heteroatoms. The van der Waals surface area contributed by atoms with E-state index >= 15 is 0 Å². The summed E-state index contributed by atoms with van der Waals surface area (Å²) in [7, 11) is 1.30. The van der Waals surface area contributed by atoms with Crippen LogP contribution in [0.25, 0.3) is 0 Å². The van der Waals surface area contributed by atoms with Crippen molar-refractivity contribution in [2.45, 2.75) is 6.92 Å². The number of esters is 1. The highest BCUT2D eigenvalue weighted by atomic mass is 79.9. The predicted molar refractivity (Wildman–Crippen MR) is 84.6 cm³/mol. The molecule has 0 aliphatic heterocycles. The molecular weight excluding hydrogens is 334 g/mol. The molecule has 0 unspecified atom stereocenters. The molecule has 0 spiro atoms. The van der Waals surface area contributed by atoms with Gasteiger partial charge < -0.3 is 10.1 Å². The lowest BCUT2D eigenvalue weighted by atomic mass is 10.1. The number of hydrogen-bond donors (Lipinski definition) is 1. The first-order chi connectivity index (χ1) is 10.0. The van der Waals surface area contributed by atoms with Gasteiger partial charge in [0.05, 0.1) is 23.9 Å². The number of nitrogens with one attached hydrogen (secondary N) is 1. The number of carbonyl (C=O) groups excluding carboxylic acids is 2. The molecule has 4 nitrogen and oxygen atoms in total. The Morgan fingerprint density at radius 1 is 1.05 bits per heavy atom. The quantitative estimate of drug-likeness (QED) is 0.859. The van der Waals surface area contributed by atoms with E-state index in [2.05, 4.69) is 21.2 Å². The molecule has 1 N–H and O–H groups in total. The second kappa shape index (κ2) is 6.54. The highest BCUT2D eigenvalue weighted by Gasteiger charge is 2.16. The molecule has 2 aromatic carbocycles. The van der Waals surface area contributed by atoms with Gasteiger partial charge in [-0.25, -0.2) is 4.79 Å². The first kappa shape index (κ1) is 15.3. The Morgan fingerprint density at radius 2 is 1.71 bits per heavy atom. The SMILES string of the molecule is COC(=O)c1ccccc1NC(=O)c1cccc(C)c1Br. The lowest BCUT2D eigenvalue weighted by molar-refractivity contribution is 0.0602. The zero-order valence-corrected chi connectivity index (χ0v) is 13.2. The lowest BCUT2D eigenvalue weighted by Gasteiger charge is -2.11. The number of methoxy groups -OCH3 is 1. The molecule has 2 rings (SSSR count). The molecule has 0 aliphatic carbocycles. The normalized spacial score (nSPS) is 10.0. The summed E-state index contributed by atoms with van der Waals surface area (Å²) in [5, 5.41) is 2.74. The summed E-state index contributed by atoms with van der Waals surface area (Å²) in [5.74, 6) is -0.781. The lowest BCUT2D eigenvalue weighted by Crippen LogP contribution is -2.16. The third-order valence-electron chi connectivity index (χ3n) is 3.02. The standard InChI is InChI=1S/C16H14BrNO3/c1-10-6-5-8-12(14(10)17)15(19)18-13-9-4-3-7-11(13)16(20)21-2/h3-9H,1-2H3,(H,18,19). The zero-order valence-electron chi connectivity index (χ0n) is 11.6. The number of anilines is 1. The van der Waals surface area contributed by atoms with E-state index < -0.39 is 5.97 Å². The van der Waals surface area contributed by atoms with Crippen LogP contribution in [-0.4, -0.2) is 19.0 Å². The zero-order chi connectivity index (χ0) is 15.4. The molecule has 2 aromatic rings. The first-order valence-electron chi connectivity index (χ1n) is 6.28. The highest BCUT2D eigenvalue weighted by molar-refractivity contribution is 9.10. The van der Waals surface area contributed by atoms with Gasteiger partial charge in [0, 0.05) is 4.47 Å². The molecule has 0 saturated heterocycles. The van der Waals surface area contributed by atoms with Crippen LogP contribution in [0.3, 0.4) is 0 Å². The summed E-state index contributed by atoms with van der Waals surface area (Å²) in [5.41, 5.74) is 2.21. The fourth-order valence-corrected chi connectivity index (χ4v) is 2.34. The minimum Gasteiger partial charge on any atom is -0.465 e. The van der Waals surface area contributed by atoms with Crippen molar-refractivity contribution >= 4 is 33.5 Å². The monoisotopic (exact) mass is 347 g/mol. The number of aryl methyl sites for hydroxylation is 1. The Balaban J connectivity index is 2.32. The molecule has 0 fully saturated rings. The molecule has 108 valence electrons. The summed E-state index contributed by atoms with van der Waals surface area (Å²) >= 11 is 3.40. The maximum atomic E-state index is 12.4. The number of rotatable bonds is 3. The van der Waals surface area contributed by atoms with Crippen LogP contribution in [0, 0.1) is 6.92 Å². The van der Waals surface area contributed by atoms with Crippen LogP contribution >= 0.6 is 15.9 Å². The fraction of sp³-hybridized carbons (Fsp3) is 0.125. The Kier molecular flexibility index (Phi) is 4.75. The average molecular weight is 348 g/mol. The molecule has 0 aliphatic rings. The third kappa shape index (κ3) is 3.31. The number of benzene rings is 2. The van der Waals surface area contributed by atoms with Crippen LogP contribution in [0.15, 0.2) is 46.9 Å². The Hall–Kier alpha value is -2.14. The van der Waals surface area contributed by atoms with Gasteiger partial charge in [-0.2, -0.15) is 0 Å². The van der Waals surface area contributed by atoms with E-state index in [1.807, 2.05) is 13.0 Å². The van der Waals surface area contributed by atoms with Gasteiger partial charge in [0.2, 0.25) is 0 Å². The minimum atomic E-state index is -0.491. The van der Waals surface area contributed by atoms with E-state index in [9.17, 15) is 9.59 Å². The Morgan fingerprint density at radius 3 is 2.43 bits per heavy atom. The summed E-state index contributed by atoms with van der Waals surface area (Å²) in [6, 6.07) is 12.1. The number of hydrogen-bond acceptors (Lipinski definition) is 3. The number of amides is 1. The summed E-state index contributed by atoms with van der Waals surface area (Å²) in [6.07, 6.45) is 0. The molecule has 21 heavy (non-hydrogen) atoms. The highest BCUT2D eigenvalue weighted by Crippen LogP contribution is 2.23. The van der Waals surface area contributed by atoms with E-state index in [-0.39, 0.29) is 5.91 Å². The van der Waals surface area contributed by atoms with Gasteiger partial charge in [-0.1, -0.05) is 24.3 Å². The third-order valence-corrected chi connectivity index (χ3v) is 4.07. The number of carbonyl (C=O) groups is 2. The summed E-state index contributed by atoms with van der Waals surface area (Å²) < 4.78 is 5.44. The maximum Gasteiger partial charge on any atom is 0.339 e. The minimum absolute atomic E-state index is 0.290. The van der Waals surface area contributed by atoms with Gasteiger partial charge in [0.15, 0.2) is 0 Å². The fourth-order valence-electron chi connectivity index (χ4n) is 1.89. The number of para-hydroxylation sites is 1. The van der Waals surface area contributed by atoms with Crippen LogP contribution in [0.4, 0.5) is 5.69 Å². The predicted octanol–water partition coefficient (Wildman–Crippen LogP) is 3.80. The van der Waals surface area contributed by atoms with Crippen LogP contribution in [0.2, 0.25) is 0 Å². The molecule has 0 heterocycles. The maximum absolute atomic E-state index is 12.4. The summed E-state index contributed by atoms with van der Waals surface area (Å²) in [4.78, 5) is 24.0. The molecule has 1 amide bonds. The van der Waals surface area contributed by atoms with Gasteiger partial charge in [-0.3, -0.25) is 4.79 Å². The second-order valence-corrected chi connectivity index (χ2v) is 5.22. The van der Waals surface area contributed by atoms with Crippen molar-refractivity contribution in [3.8, 4) is 0 Å². The van der Waals surface area contributed by atoms with Crippen LogP contribution in [0.1, 0.15) is 26.3 Å². The molecule has 0 bridgehead atoms. The van der Waals surface area contributed by atoms with Gasteiger partial charge in [-0.15, -0.1) is 0 Å². The molecule has 0 atom stereocenters. The first-order valence-corrected chi connectivity index (χ1v) is 7.07. The average Bonchev–Trinajstić information content (AvgIpc) is 2.49. The van der Waals surface area contributed by atoms with Crippen LogP contribution in [-0.2, 0) is 4.74 Å². The Labute approximate surface area is 131 Å². The van der Waals surface area contributed by atoms with Crippen molar-refractivity contribution in [3.05, 3.63) is 63.6 Å². The largest absolute Gasteiger partial charge is 0.465 e. The molecule has 0 radical (unpaired) electrons. The Bertz CT molecular complexity index is 698. The van der Waals surface area contributed by atoms with Crippen molar-refractivity contribution < 1.29 is 14.3 Å². The van der Waals surface area contributed by atoms with Crippen molar-refractivity contribution in [2.75, 3.05) is 12.4 Å². The van der Waals surface area contributed by atoms with E-state index in [1.165, 1.54) is 7.11 Å². The van der Waals surface area contributed by atoms with Gasteiger partial charge >= 0.3 is 5.97 Å². The van der Waals surface area contributed by atoms with Crippen LogP contribution in [0.5, 0.6) is 0 Å². The van der Waals surface area contributed by atoms with E-state index in [4.69, 9.17) is 4.74 Å². The van der Waals surface area contributed by atoms with Crippen LogP contribution < -0.4 is 5.32 Å². The van der Waals surface area contributed by atoms with E-state index in [1.54, 1.807) is 36.4 Å². The van der Waals surface area contributed by atoms with E-state index in [0.717, 1.165) is 10.0 Å². The van der Waals surface area contributed by atoms with Crippen molar-refractivity contribution in [1.29, 1.82) is 0 Å². The van der Waals surface area contributed by atoms with Gasteiger partial charge in [-0.05, 0) is 46.6 Å². The van der Waals surface area contributed by atoms with Crippen molar-refractivity contribution in [1.82, 2.24) is 0 Å². The van der Waals surface area contributed by atoms with Gasteiger partial charge in [0.1, 0.15) is 0 Å². The molecule has 0 saturated carbocycles. The van der Waals surface area contributed by atoms with Gasteiger partial charge in [0.25, 0.3) is 5.91 Å². The number of ether oxygens (including phenoxy) is 1. The molecule has 0 aromatic heterocycles. The van der Waals surface area contributed by atoms with Crippen molar-refractivity contribution in [3.63, 3.8) is 0 Å². The molecular formula is C16H14BrNO3. The van der Waals surface area contributed by atoms with Crippen molar-refractivity contribution in [2.24, 2.45) is 0 Å². The van der Waals surface area contributed by atoms with E-state index in [0.29, 0.717) is 16.8 Å². The second-order valence-electron chi connectivity index (χ2n) is 4.43. The topological polar surface area (TPSA) is 55.4 Å².